The fraction of sp³-hybridized carbons (Fsp3) is 0.611. The highest BCUT2D eigenvalue weighted by atomic mass is 32.2. The van der Waals surface area contributed by atoms with Gasteiger partial charge in [-0.05, 0) is 50.0 Å². The van der Waals surface area contributed by atoms with Crippen LogP contribution in [0.4, 0.5) is 0 Å². The van der Waals surface area contributed by atoms with Gasteiger partial charge in [-0.25, -0.2) is 8.42 Å². The summed E-state index contributed by atoms with van der Waals surface area (Å²) in [5.41, 5.74) is 1.29. The fourth-order valence-corrected chi connectivity index (χ4v) is 4.04. The zero-order chi connectivity index (χ0) is 18.2. The van der Waals surface area contributed by atoms with E-state index >= 15 is 0 Å². The monoisotopic (exact) mass is 380 g/mol. The summed E-state index contributed by atoms with van der Waals surface area (Å²) in [5, 5.41) is 3.00. The van der Waals surface area contributed by atoms with E-state index in [1.807, 2.05) is 12.1 Å². The predicted molar refractivity (Wildman–Crippen MR) is 103 cm³/mol. The first kappa shape index (κ1) is 19.0. The molecule has 0 spiro atoms. The summed E-state index contributed by atoms with van der Waals surface area (Å²) >= 11 is 0. The number of piperidine rings is 1. The zero-order valence-corrected chi connectivity index (χ0v) is 15.9. The third-order valence-electron chi connectivity index (χ3n) is 4.52. The molecule has 1 aromatic carbocycles. The highest BCUT2D eigenvalue weighted by Gasteiger charge is 2.17. The fourth-order valence-electron chi connectivity index (χ4n) is 3.18. The van der Waals surface area contributed by atoms with Crippen LogP contribution in [0.15, 0.2) is 29.3 Å². The number of nitrogens with zero attached hydrogens (tertiary/aromatic N) is 2. The van der Waals surface area contributed by atoms with Crippen molar-refractivity contribution >= 4 is 16.0 Å². The number of hydrogen-bond donors (Lipinski definition) is 2. The van der Waals surface area contributed by atoms with Gasteiger partial charge < -0.3 is 10.1 Å². The van der Waals surface area contributed by atoms with E-state index in [0.29, 0.717) is 25.7 Å². The molecule has 0 amide bonds. The number of guanidine groups is 1. The molecule has 26 heavy (non-hydrogen) atoms. The molecule has 7 nitrogen and oxygen atoms in total. The van der Waals surface area contributed by atoms with Gasteiger partial charge in [-0.15, -0.1) is 0 Å². The van der Waals surface area contributed by atoms with E-state index in [1.165, 1.54) is 37.9 Å². The third-order valence-corrected chi connectivity index (χ3v) is 5.74. The standard InChI is InChI=1S/C18H28N4O3S/c23-26(24)13-9-20-18(21-26)19-8-5-12-25-17-7-4-6-16(14-17)15-22-10-2-1-3-11-22/h4,6-7,14H,1-3,5,8-13,15H2,(H2,19,20,21). The molecular formula is C18H28N4O3S. The second-order valence-corrected chi connectivity index (χ2v) is 8.61. The molecule has 1 fully saturated rings. The lowest BCUT2D eigenvalue weighted by molar-refractivity contribution is 0.220. The molecule has 2 aliphatic rings. The number of aliphatic imine (C=N–C) groups is 1. The van der Waals surface area contributed by atoms with Crippen molar-refractivity contribution in [3.63, 3.8) is 0 Å². The summed E-state index contributed by atoms with van der Waals surface area (Å²) in [6, 6.07) is 8.28. The third kappa shape index (κ3) is 6.17. The first-order valence-electron chi connectivity index (χ1n) is 9.34. The molecule has 3 rings (SSSR count). The summed E-state index contributed by atoms with van der Waals surface area (Å²) in [7, 11) is -3.21. The maximum absolute atomic E-state index is 11.4. The van der Waals surface area contributed by atoms with Crippen LogP contribution in [0, 0.1) is 0 Å². The van der Waals surface area contributed by atoms with Crippen LogP contribution in [0.3, 0.4) is 0 Å². The van der Waals surface area contributed by atoms with Crippen LogP contribution in [-0.2, 0) is 16.6 Å². The van der Waals surface area contributed by atoms with E-state index in [1.54, 1.807) is 0 Å². The Morgan fingerprint density at radius 1 is 1.23 bits per heavy atom. The summed E-state index contributed by atoms with van der Waals surface area (Å²) in [4.78, 5) is 6.62. The minimum absolute atomic E-state index is 0.0507. The maximum Gasteiger partial charge on any atom is 0.236 e. The molecule has 2 heterocycles. The maximum atomic E-state index is 11.4. The van der Waals surface area contributed by atoms with Crippen LogP contribution in [0.1, 0.15) is 31.2 Å². The number of hydrogen-bond acceptors (Lipinski definition) is 6. The van der Waals surface area contributed by atoms with Crippen LogP contribution in [0.25, 0.3) is 0 Å². The van der Waals surface area contributed by atoms with E-state index in [2.05, 4.69) is 32.1 Å². The lowest BCUT2D eigenvalue weighted by atomic mass is 10.1. The van der Waals surface area contributed by atoms with Gasteiger partial charge in [-0.1, -0.05) is 18.6 Å². The van der Waals surface area contributed by atoms with Gasteiger partial charge in [0.2, 0.25) is 16.0 Å². The number of ether oxygens (including phenoxy) is 1. The average Bonchev–Trinajstić information content (AvgIpc) is 2.62. The minimum atomic E-state index is -3.21. The van der Waals surface area contributed by atoms with E-state index < -0.39 is 10.0 Å². The van der Waals surface area contributed by atoms with E-state index in [9.17, 15) is 8.42 Å². The highest BCUT2D eigenvalue weighted by molar-refractivity contribution is 7.90. The van der Waals surface area contributed by atoms with E-state index in [4.69, 9.17) is 4.74 Å². The largest absolute Gasteiger partial charge is 0.494 e. The van der Waals surface area contributed by atoms with Gasteiger partial charge in [0.1, 0.15) is 5.75 Å². The van der Waals surface area contributed by atoms with Crippen molar-refractivity contribution in [2.45, 2.75) is 32.2 Å². The van der Waals surface area contributed by atoms with Crippen LogP contribution >= 0.6 is 0 Å². The summed E-state index contributed by atoms with van der Waals surface area (Å²) in [5.74, 6) is 1.27. The first-order valence-corrected chi connectivity index (χ1v) is 11.0. The number of sulfonamides is 1. The minimum Gasteiger partial charge on any atom is -0.494 e. The van der Waals surface area contributed by atoms with Crippen molar-refractivity contribution in [3.8, 4) is 5.75 Å². The van der Waals surface area contributed by atoms with Gasteiger partial charge in [-0.3, -0.25) is 14.6 Å². The Kier molecular flexibility index (Phi) is 6.73. The zero-order valence-electron chi connectivity index (χ0n) is 15.1. The van der Waals surface area contributed by atoms with Crippen molar-refractivity contribution in [1.82, 2.24) is 14.9 Å². The predicted octanol–water partition coefficient (Wildman–Crippen LogP) is 1.32. The number of nitrogens with one attached hydrogen (secondary N) is 2. The molecule has 1 aromatic rings. The number of likely N-dealkylation sites (tertiary alicyclic amines) is 1. The molecule has 0 aliphatic carbocycles. The molecule has 0 aromatic heterocycles. The molecule has 0 atom stereocenters. The van der Waals surface area contributed by atoms with Crippen molar-refractivity contribution in [3.05, 3.63) is 29.8 Å². The van der Waals surface area contributed by atoms with Crippen molar-refractivity contribution in [2.24, 2.45) is 4.99 Å². The average molecular weight is 381 g/mol. The Balaban J connectivity index is 1.37. The lowest BCUT2D eigenvalue weighted by Gasteiger charge is -2.26. The SMILES string of the molecule is O=S1(=O)CCN=C(NCCCOc2cccc(CN3CCCCC3)c2)N1. The molecule has 8 heteroatoms. The molecule has 144 valence electrons. The van der Waals surface area contributed by atoms with E-state index in [0.717, 1.165) is 18.7 Å². The Labute approximate surface area is 155 Å². The van der Waals surface area contributed by atoms with Gasteiger partial charge >= 0.3 is 0 Å². The van der Waals surface area contributed by atoms with Crippen molar-refractivity contribution in [2.75, 3.05) is 38.5 Å². The van der Waals surface area contributed by atoms with Gasteiger partial charge in [0.05, 0.1) is 18.9 Å². The highest BCUT2D eigenvalue weighted by Crippen LogP contribution is 2.17. The van der Waals surface area contributed by atoms with Gasteiger partial charge in [-0.2, -0.15) is 0 Å². The number of rotatable bonds is 7. The molecule has 2 aliphatic heterocycles. The second-order valence-electron chi connectivity index (χ2n) is 6.76. The van der Waals surface area contributed by atoms with Gasteiger partial charge in [0.25, 0.3) is 0 Å². The quantitative estimate of drug-likeness (QED) is 0.697. The number of benzene rings is 1. The Morgan fingerprint density at radius 2 is 2.08 bits per heavy atom. The Bertz CT molecular complexity index is 715. The topological polar surface area (TPSA) is 83.0 Å². The second kappa shape index (κ2) is 9.23. The molecule has 2 N–H and O–H groups in total. The molecular weight excluding hydrogens is 352 g/mol. The molecule has 0 radical (unpaired) electrons. The van der Waals surface area contributed by atoms with Gasteiger partial charge in [0.15, 0.2) is 0 Å². The lowest BCUT2D eigenvalue weighted by Crippen LogP contribution is -2.46. The van der Waals surface area contributed by atoms with Crippen molar-refractivity contribution < 1.29 is 13.2 Å². The Morgan fingerprint density at radius 3 is 2.88 bits per heavy atom. The normalized spacial score (nSPS) is 20.1. The summed E-state index contributed by atoms with van der Waals surface area (Å²) in [6.45, 7) is 4.83. The molecule has 0 bridgehead atoms. The van der Waals surface area contributed by atoms with Crippen LogP contribution in [-0.4, -0.2) is 57.8 Å². The van der Waals surface area contributed by atoms with Crippen LogP contribution in [0.2, 0.25) is 0 Å². The summed E-state index contributed by atoms with van der Waals surface area (Å²) < 4.78 is 31.1. The van der Waals surface area contributed by atoms with E-state index in [-0.39, 0.29) is 5.75 Å². The summed E-state index contributed by atoms with van der Waals surface area (Å²) in [6.07, 6.45) is 4.70. The molecule has 0 unspecified atom stereocenters. The smallest absolute Gasteiger partial charge is 0.236 e. The van der Waals surface area contributed by atoms with Crippen molar-refractivity contribution in [1.29, 1.82) is 0 Å². The first-order chi connectivity index (χ1) is 12.6. The van der Waals surface area contributed by atoms with Gasteiger partial charge in [0, 0.05) is 13.1 Å². The van der Waals surface area contributed by atoms with Crippen LogP contribution < -0.4 is 14.8 Å². The molecule has 0 saturated carbocycles. The Hall–Kier alpha value is -1.80. The van der Waals surface area contributed by atoms with Crippen LogP contribution in [0.5, 0.6) is 5.75 Å². The molecule has 1 saturated heterocycles.